The molecule has 1 aromatic carbocycles. The summed E-state index contributed by atoms with van der Waals surface area (Å²) in [6.07, 6.45) is 5.51. The van der Waals surface area contributed by atoms with E-state index in [4.69, 9.17) is 23.2 Å². The minimum Gasteiger partial charge on any atom is -0.362 e. The fraction of sp³-hybridized carbons (Fsp3) is 0.500. The second-order valence-corrected chi connectivity index (χ2v) is 10.9. The van der Waals surface area contributed by atoms with Gasteiger partial charge in [0.05, 0.1) is 14.2 Å². The molecular formula is C24H32Cl2N4S. The summed E-state index contributed by atoms with van der Waals surface area (Å²) in [4.78, 5) is 10.8. The van der Waals surface area contributed by atoms with Crippen LogP contribution in [-0.4, -0.2) is 30.6 Å². The van der Waals surface area contributed by atoms with Gasteiger partial charge < -0.3 is 10.2 Å². The number of hydrogen-bond acceptors (Lipinski definition) is 5. The summed E-state index contributed by atoms with van der Waals surface area (Å²) in [6.45, 7) is 6.22. The lowest BCUT2D eigenvalue weighted by molar-refractivity contribution is 0.281. The van der Waals surface area contributed by atoms with Crippen LogP contribution in [0.5, 0.6) is 0 Å². The van der Waals surface area contributed by atoms with Crippen LogP contribution >= 0.6 is 34.5 Å². The van der Waals surface area contributed by atoms with Gasteiger partial charge >= 0.3 is 0 Å². The van der Waals surface area contributed by atoms with Crippen LogP contribution in [0.4, 0.5) is 5.82 Å². The van der Waals surface area contributed by atoms with Crippen LogP contribution in [0.25, 0.3) is 10.9 Å². The smallest absolute Gasteiger partial charge is 0.139 e. The molecular weight excluding hydrogens is 447 g/mol. The summed E-state index contributed by atoms with van der Waals surface area (Å²) in [5, 5.41) is 4.60. The predicted octanol–water partition coefficient (Wildman–Crippen LogP) is 6.98. The van der Waals surface area contributed by atoms with Crippen LogP contribution in [0.15, 0.2) is 30.3 Å². The van der Waals surface area contributed by atoms with E-state index in [0.29, 0.717) is 0 Å². The van der Waals surface area contributed by atoms with E-state index in [9.17, 15) is 0 Å². The molecule has 1 N–H and O–H groups in total. The first-order valence-corrected chi connectivity index (χ1v) is 12.5. The van der Waals surface area contributed by atoms with Crippen molar-refractivity contribution in [3.8, 4) is 0 Å². The molecule has 0 atom stereocenters. The van der Waals surface area contributed by atoms with E-state index in [1.807, 2.05) is 56.3 Å². The van der Waals surface area contributed by atoms with Gasteiger partial charge in [-0.05, 0) is 61.9 Å². The highest BCUT2D eigenvalue weighted by atomic mass is 35.5. The molecule has 4 nitrogen and oxygen atoms in total. The number of halogens is 2. The lowest BCUT2D eigenvalue weighted by atomic mass is 9.83. The largest absolute Gasteiger partial charge is 0.362 e. The Balaban J connectivity index is 0.000000179. The quantitative estimate of drug-likeness (QED) is 0.429. The number of anilines is 1. The normalized spacial score (nSPS) is 18.5. The van der Waals surface area contributed by atoms with Crippen LogP contribution in [-0.2, 0) is 6.54 Å². The summed E-state index contributed by atoms with van der Waals surface area (Å²) < 4.78 is 1.60. The zero-order valence-corrected chi connectivity index (χ0v) is 21.1. The standard InChI is InChI=1S/C13H19Cl2NS.C11H13N3/c1-9-2-4-10(5-3-9)7-16-8-11-6-12(14)17-13(11)15;1-8-12-10-7-5-4-6-9(10)11(13-8)14(2)3/h6,9-10,16H,2-5,7-8H2,1H3;4-7H,1-3H3. The van der Waals surface area contributed by atoms with Crippen LogP contribution in [0.2, 0.25) is 8.67 Å². The highest BCUT2D eigenvalue weighted by molar-refractivity contribution is 7.20. The Morgan fingerprint density at radius 2 is 1.81 bits per heavy atom. The average molecular weight is 480 g/mol. The molecule has 1 aliphatic rings. The summed E-state index contributed by atoms with van der Waals surface area (Å²) >= 11 is 13.4. The maximum atomic E-state index is 6.08. The lowest BCUT2D eigenvalue weighted by Crippen LogP contribution is -2.25. The summed E-state index contributed by atoms with van der Waals surface area (Å²) in [5.41, 5.74) is 2.13. The Bertz CT molecular complexity index is 981. The molecule has 0 spiro atoms. The monoisotopic (exact) mass is 478 g/mol. The first kappa shape index (κ1) is 24.2. The maximum Gasteiger partial charge on any atom is 0.139 e. The van der Waals surface area contributed by atoms with Gasteiger partial charge in [-0.2, -0.15) is 0 Å². The van der Waals surface area contributed by atoms with Gasteiger partial charge in [0.1, 0.15) is 11.6 Å². The van der Waals surface area contributed by atoms with Gasteiger partial charge in [-0.15, -0.1) is 11.3 Å². The van der Waals surface area contributed by atoms with Crippen molar-refractivity contribution in [3.63, 3.8) is 0 Å². The van der Waals surface area contributed by atoms with Crippen molar-refractivity contribution in [2.45, 2.75) is 46.1 Å². The molecule has 3 aromatic rings. The van der Waals surface area contributed by atoms with E-state index in [1.54, 1.807) is 0 Å². The highest BCUT2D eigenvalue weighted by Gasteiger charge is 2.17. The number of aromatic nitrogens is 2. The maximum absolute atomic E-state index is 6.08. The number of para-hydroxylation sites is 1. The molecule has 168 valence electrons. The Morgan fingerprint density at radius 3 is 2.45 bits per heavy atom. The number of nitrogens with zero attached hydrogens (tertiary/aromatic N) is 3. The van der Waals surface area contributed by atoms with Crippen LogP contribution in [0.1, 0.15) is 44.0 Å². The number of benzene rings is 1. The molecule has 0 aliphatic heterocycles. The molecule has 1 aliphatic carbocycles. The molecule has 1 fully saturated rings. The summed E-state index contributed by atoms with van der Waals surface area (Å²) in [5.74, 6) is 3.57. The lowest BCUT2D eigenvalue weighted by Gasteiger charge is -2.26. The summed E-state index contributed by atoms with van der Waals surface area (Å²) in [7, 11) is 3.99. The molecule has 1 saturated carbocycles. The Morgan fingerprint density at radius 1 is 1.10 bits per heavy atom. The number of nitrogens with one attached hydrogen (secondary N) is 1. The molecule has 0 unspecified atom stereocenters. The Kier molecular flexibility index (Phi) is 8.96. The zero-order valence-electron chi connectivity index (χ0n) is 18.8. The van der Waals surface area contributed by atoms with Crippen molar-refractivity contribution in [1.82, 2.24) is 15.3 Å². The predicted molar refractivity (Wildman–Crippen MR) is 136 cm³/mol. The van der Waals surface area contributed by atoms with E-state index in [1.165, 1.54) is 37.0 Å². The van der Waals surface area contributed by atoms with E-state index in [0.717, 1.165) is 61.7 Å². The van der Waals surface area contributed by atoms with Crippen molar-refractivity contribution in [2.75, 3.05) is 25.5 Å². The fourth-order valence-electron chi connectivity index (χ4n) is 3.95. The number of rotatable bonds is 5. The van der Waals surface area contributed by atoms with Crippen molar-refractivity contribution in [1.29, 1.82) is 0 Å². The summed E-state index contributed by atoms with van der Waals surface area (Å²) in [6, 6.07) is 10.0. The van der Waals surface area contributed by atoms with E-state index < -0.39 is 0 Å². The van der Waals surface area contributed by atoms with Gasteiger partial charge in [-0.3, -0.25) is 0 Å². The van der Waals surface area contributed by atoms with Crippen LogP contribution in [0, 0.1) is 18.8 Å². The number of hydrogen-bond donors (Lipinski definition) is 1. The molecule has 0 radical (unpaired) electrons. The van der Waals surface area contributed by atoms with Crippen molar-refractivity contribution in [2.24, 2.45) is 11.8 Å². The van der Waals surface area contributed by atoms with Crippen LogP contribution in [0.3, 0.4) is 0 Å². The molecule has 31 heavy (non-hydrogen) atoms. The number of thiophene rings is 1. The van der Waals surface area contributed by atoms with Gasteiger partial charge in [-0.25, -0.2) is 9.97 Å². The minimum absolute atomic E-state index is 0.776. The van der Waals surface area contributed by atoms with Gasteiger partial charge in [0, 0.05) is 26.0 Å². The van der Waals surface area contributed by atoms with Gasteiger partial charge in [0.2, 0.25) is 0 Å². The molecule has 2 aromatic heterocycles. The third-order valence-corrected chi connectivity index (χ3v) is 7.30. The Labute approximate surface area is 200 Å². The van der Waals surface area contributed by atoms with E-state index >= 15 is 0 Å². The Hall–Kier alpha value is -1.40. The third kappa shape index (κ3) is 7.04. The van der Waals surface area contributed by atoms with Crippen LogP contribution < -0.4 is 10.2 Å². The molecule has 0 amide bonds. The number of fused-ring (bicyclic) bond motifs is 1. The molecule has 2 heterocycles. The fourth-order valence-corrected chi connectivity index (χ4v) is 5.44. The first-order valence-electron chi connectivity index (χ1n) is 10.9. The van der Waals surface area contributed by atoms with Crippen molar-refractivity contribution in [3.05, 3.63) is 50.4 Å². The highest BCUT2D eigenvalue weighted by Crippen LogP contribution is 2.31. The average Bonchev–Trinajstić information content (AvgIpc) is 3.06. The molecule has 7 heteroatoms. The van der Waals surface area contributed by atoms with Crippen molar-refractivity contribution < 1.29 is 0 Å². The van der Waals surface area contributed by atoms with Gasteiger partial charge in [0.25, 0.3) is 0 Å². The van der Waals surface area contributed by atoms with E-state index in [2.05, 4.69) is 22.2 Å². The van der Waals surface area contributed by atoms with Crippen molar-refractivity contribution >= 4 is 51.3 Å². The minimum atomic E-state index is 0.776. The molecule has 0 bridgehead atoms. The molecule has 4 rings (SSSR count). The number of aryl methyl sites for hydroxylation is 1. The van der Waals surface area contributed by atoms with Gasteiger partial charge in [-0.1, -0.05) is 55.1 Å². The second-order valence-electron chi connectivity index (χ2n) is 8.61. The molecule has 0 saturated heterocycles. The second kappa shape index (κ2) is 11.5. The third-order valence-electron chi connectivity index (χ3n) is 5.73. The first-order chi connectivity index (χ1) is 14.8. The van der Waals surface area contributed by atoms with E-state index in [-0.39, 0.29) is 0 Å². The SMILES string of the molecule is CC1CCC(CNCc2cc(Cl)sc2Cl)CC1.Cc1nc(N(C)C)c2ccccc2n1. The topological polar surface area (TPSA) is 41.1 Å². The van der Waals surface area contributed by atoms with Gasteiger partial charge in [0.15, 0.2) is 0 Å². The zero-order chi connectivity index (χ0) is 22.4.